The number of thioether (sulfide) groups is 1. The number of carbonyl (C=O) groups excluding carboxylic acids is 4. The Morgan fingerprint density at radius 2 is 1.78 bits per heavy atom. The van der Waals surface area contributed by atoms with Gasteiger partial charge in [-0.2, -0.15) is 0 Å². The number of benzene rings is 2. The number of imide groups is 1. The summed E-state index contributed by atoms with van der Waals surface area (Å²) in [5, 5.41) is 3.42. The highest BCUT2D eigenvalue weighted by Crippen LogP contribution is 2.34. The molecule has 0 unspecified atom stereocenters. The molecule has 0 radical (unpaired) electrons. The number of rotatable bonds is 6. The number of nitrogens with one attached hydrogen (secondary N) is 1. The monoisotopic (exact) mass is 468 g/mol. The number of anilines is 1. The number of hydrogen-bond donors (Lipinski definition) is 2. The molecule has 8 nitrogen and oxygen atoms in total. The molecule has 2 heterocycles. The van der Waals surface area contributed by atoms with Crippen molar-refractivity contribution in [1.82, 2.24) is 9.47 Å². The second-order valence-electron chi connectivity index (χ2n) is 7.02. The fraction of sp³-hybridized carbons (Fsp3) is 0.0909. The summed E-state index contributed by atoms with van der Waals surface area (Å²) in [7, 11) is 0. The summed E-state index contributed by atoms with van der Waals surface area (Å²) in [4.78, 5) is 50.0. The standard InChI is InChI=1S/C22H17ClN4O4S/c23-14-5-7-15(8-6-14)25-20(29)12-27-21(30)18(32-22(27)31)9-13-10-26(11-19(24)28)17-4-2-1-3-16(13)17/h1-10H,11-12H2,(H2,24,28)(H,25,29). The first-order valence-corrected chi connectivity index (χ1v) is 10.7. The minimum absolute atomic E-state index is 0.0132. The van der Waals surface area contributed by atoms with Crippen LogP contribution in [0.15, 0.2) is 59.6 Å². The van der Waals surface area contributed by atoms with Crippen LogP contribution in [-0.2, 0) is 20.9 Å². The van der Waals surface area contributed by atoms with Crippen molar-refractivity contribution < 1.29 is 19.2 Å². The Labute approximate surface area is 192 Å². The smallest absolute Gasteiger partial charge is 0.294 e. The number of primary amides is 1. The van der Waals surface area contributed by atoms with Gasteiger partial charge in [0.15, 0.2) is 0 Å². The predicted octanol–water partition coefficient (Wildman–Crippen LogP) is 3.46. The largest absolute Gasteiger partial charge is 0.368 e. The third-order valence-electron chi connectivity index (χ3n) is 4.74. The second-order valence-corrected chi connectivity index (χ2v) is 8.45. The van der Waals surface area contributed by atoms with Gasteiger partial charge in [-0.1, -0.05) is 29.8 Å². The van der Waals surface area contributed by atoms with Crippen molar-refractivity contribution in [1.29, 1.82) is 0 Å². The summed E-state index contributed by atoms with van der Waals surface area (Å²) in [6.07, 6.45) is 3.29. The number of fused-ring (bicyclic) bond motifs is 1. The molecule has 0 atom stereocenters. The molecule has 0 spiro atoms. The van der Waals surface area contributed by atoms with Crippen molar-refractivity contribution in [3.63, 3.8) is 0 Å². The zero-order valence-electron chi connectivity index (χ0n) is 16.6. The summed E-state index contributed by atoms with van der Waals surface area (Å²) in [6, 6.07) is 13.8. The molecule has 162 valence electrons. The quantitative estimate of drug-likeness (QED) is 0.538. The van der Waals surface area contributed by atoms with E-state index in [0.717, 1.165) is 27.6 Å². The van der Waals surface area contributed by atoms with Crippen LogP contribution in [0, 0.1) is 0 Å². The van der Waals surface area contributed by atoms with E-state index in [9.17, 15) is 19.2 Å². The van der Waals surface area contributed by atoms with Crippen molar-refractivity contribution in [2.24, 2.45) is 5.73 Å². The molecule has 0 saturated carbocycles. The van der Waals surface area contributed by atoms with Gasteiger partial charge in [0, 0.05) is 33.4 Å². The molecule has 3 N–H and O–H groups in total. The van der Waals surface area contributed by atoms with E-state index in [-0.39, 0.29) is 11.4 Å². The second kappa shape index (κ2) is 8.89. The maximum atomic E-state index is 12.8. The maximum Gasteiger partial charge on any atom is 0.294 e. The minimum atomic E-state index is -0.557. The molecular formula is C22H17ClN4O4S. The highest BCUT2D eigenvalue weighted by molar-refractivity contribution is 8.18. The molecular weight excluding hydrogens is 452 g/mol. The molecule has 0 aliphatic carbocycles. The lowest BCUT2D eigenvalue weighted by Crippen LogP contribution is -2.36. The van der Waals surface area contributed by atoms with Gasteiger partial charge in [0.1, 0.15) is 13.1 Å². The SMILES string of the molecule is NC(=O)Cn1cc(C=C2SC(=O)N(CC(=O)Nc3ccc(Cl)cc3)C2=O)c2ccccc21. The number of para-hydroxylation sites is 1. The molecule has 4 amide bonds. The van der Waals surface area contributed by atoms with Crippen LogP contribution in [0.1, 0.15) is 5.56 Å². The normalized spacial score (nSPS) is 15.0. The van der Waals surface area contributed by atoms with Crippen LogP contribution in [-0.4, -0.2) is 39.0 Å². The van der Waals surface area contributed by atoms with Gasteiger partial charge in [-0.05, 0) is 48.2 Å². The van der Waals surface area contributed by atoms with Crippen LogP contribution < -0.4 is 11.1 Å². The van der Waals surface area contributed by atoms with Crippen LogP contribution in [0.25, 0.3) is 17.0 Å². The molecule has 1 aromatic heterocycles. The fourth-order valence-corrected chi connectivity index (χ4v) is 4.30. The van der Waals surface area contributed by atoms with E-state index < -0.39 is 29.5 Å². The van der Waals surface area contributed by atoms with E-state index in [4.69, 9.17) is 17.3 Å². The lowest BCUT2D eigenvalue weighted by molar-refractivity contribution is -0.127. The number of nitrogens with zero attached hydrogens (tertiary/aromatic N) is 2. The molecule has 1 saturated heterocycles. The zero-order valence-corrected chi connectivity index (χ0v) is 18.2. The van der Waals surface area contributed by atoms with Crippen LogP contribution in [0.3, 0.4) is 0 Å². The molecule has 2 aromatic carbocycles. The van der Waals surface area contributed by atoms with Gasteiger partial charge in [-0.3, -0.25) is 24.1 Å². The minimum Gasteiger partial charge on any atom is -0.368 e. The average Bonchev–Trinajstić information content (AvgIpc) is 3.22. The van der Waals surface area contributed by atoms with Gasteiger partial charge in [0.25, 0.3) is 11.1 Å². The summed E-state index contributed by atoms with van der Waals surface area (Å²) in [5.41, 5.74) is 7.27. The topological polar surface area (TPSA) is 114 Å². The van der Waals surface area contributed by atoms with Gasteiger partial charge in [-0.15, -0.1) is 0 Å². The first-order valence-electron chi connectivity index (χ1n) is 9.49. The predicted molar refractivity (Wildman–Crippen MR) is 124 cm³/mol. The zero-order chi connectivity index (χ0) is 22.8. The molecule has 32 heavy (non-hydrogen) atoms. The Balaban J connectivity index is 1.54. The van der Waals surface area contributed by atoms with Crippen molar-refractivity contribution >= 4 is 69.0 Å². The van der Waals surface area contributed by atoms with Crippen LogP contribution in [0.4, 0.5) is 10.5 Å². The van der Waals surface area contributed by atoms with E-state index in [1.54, 1.807) is 41.1 Å². The Hall–Kier alpha value is -3.56. The highest BCUT2D eigenvalue weighted by Gasteiger charge is 2.36. The molecule has 1 aliphatic heterocycles. The Morgan fingerprint density at radius 3 is 2.50 bits per heavy atom. The van der Waals surface area contributed by atoms with Gasteiger partial charge < -0.3 is 15.6 Å². The molecule has 10 heteroatoms. The molecule has 4 rings (SSSR count). The van der Waals surface area contributed by atoms with Crippen LogP contribution >= 0.6 is 23.4 Å². The van der Waals surface area contributed by atoms with E-state index in [1.165, 1.54) is 0 Å². The number of carbonyl (C=O) groups is 4. The lowest BCUT2D eigenvalue weighted by Gasteiger charge is -2.12. The van der Waals surface area contributed by atoms with Crippen molar-refractivity contribution in [2.75, 3.05) is 11.9 Å². The van der Waals surface area contributed by atoms with Gasteiger partial charge in [0.2, 0.25) is 11.8 Å². The number of hydrogen-bond acceptors (Lipinski definition) is 5. The summed E-state index contributed by atoms with van der Waals surface area (Å²) in [6.45, 7) is -0.422. The molecule has 3 aromatic rings. The van der Waals surface area contributed by atoms with Gasteiger partial charge in [0.05, 0.1) is 4.91 Å². The Kier molecular flexibility index (Phi) is 6.02. The van der Waals surface area contributed by atoms with E-state index >= 15 is 0 Å². The first-order chi connectivity index (χ1) is 15.3. The fourth-order valence-electron chi connectivity index (χ4n) is 3.34. The third-order valence-corrected chi connectivity index (χ3v) is 5.89. The maximum absolute atomic E-state index is 12.8. The summed E-state index contributed by atoms with van der Waals surface area (Å²) < 4.78 is 1.69. The molecule has 1 aliphatic rings. The van der Waals surface area contributed by atoms with E-state index in [0.29, 0.717) is 16.3 Å². The van der Waals surface area contributed by atoms with Crippen LogP contribution in [0.5, 0.6) is 0 Å². The number of nitrogens with two attached hydrogens (primary N) is 1. The van der Waals surface area contributed by atoms with Gasteiger partial charge >= 0.3 is 0 Å². The van der Waals surface area contributed by atoms with Crippen molar-refractivity contribution in [2.45, 2.75) is 6.54 Å². The molecule has 1 fully saturated rings. The van der Waals surface area contributed by atoms with Crippen LogP contribution in [0.2, 0.25) is 5.02 Å². The third kappa shape index (κ3) is 4.53. The Morgan fingerprint density at radius 1 is 1.06 bits per heavy atom. The van der Waals surface area contributed by atoms with Gasteiger partial charge in [-0.25, -0.2) is 0 Å². The highest BCUT2D eigenvalue weighted by atomic mass is 35.5. The number of aromatic nitrogens is 1. The van der Waals surface area contributed by atoms with Crippen molar-refractivity contribution in [3.05, 3.63) is 70.2 Å². The first kappa shape index (κ1) is 21.7. The average molecular weight is 469 g/mol. The van der Waals surface area contributed by atoms with E-state index in [1.807, 2.05) is 24.3 Å². The number of amides is 4. The lowest BCUT2D eigenvalue weighted by atomic mass is 10.1. The van der Waals surface area contributed by atoms with E-state index in [2.05, 4.69) is 5.32 Å². The van der Waals surface area contributed by atoms with Crippen molar-refractivity contribution in [3.8, 4) is 0 Å². The molecule has 0 bridgehead atoms. The summed E-state index contributed by atoms with van der Waals surface area (Å²) in [5.74, 6) is -1.56. The number of halogens is 1. The summed E-state index contributed by atoms with van der Waals surface area (Å²) >= 11 is 6.58. The Bertz CT molecular complexity index is 1280.